The summed E-state index contributed by atoms with van der Waals surface area (Å²) in [5.74, 6) is 0.847. The van der Waals surface area contributed by atoms with E-state index in [1.807, 2.05) is 12.2 Å². The van der Waals surface area contributed by atoms with E-state index in [9.17, 15) is 0 Å². The number of rotatable bonds is 2. The van der Waals surface area contributed by atoms with Crippen molar-refractivity contribution in [2.75, 3.05) is 0 Å². The van der Waals surface area contributed by atoms with Gasteiger partial charge in [0, 0.05) is 0 Å². The van der Waals surface area contributed by atoms with Gasteiger partial charge in [0.25, 0.3) is 0 Å². The number of hydrogen-bond acceptors (Lipinski definition) is 0. The molecule has 1 aliphatic carbocycles. The summed E-state index contributed by atoms with van der Waals surface area (Å²) in [6.07, 6.45) is 8.57. The minimum atomic E-state index is 0.847. The Morgan fingerprint density at radius 2 is 2.18 bits per heavy atom. The molecule has 0 fully saturated rings. The van der Waals surface area contributed by atoms with Crippen LogP contribution in [0.5, 0.6) is 0 Å². The summed E-state index contributed by atoms with van der Waals surface area (Å²) < 4.78 is 0. The lowest BCUT2D eigenvalue weighted by atomic mass is 10.1. The Morgan fingerprint density at radius 1 is 1.45 bits per heavy atom. The maximum atomic E-state index is 3.66. The lowest BCUT2D eigenvalue weighted by Gasteiger charge is -1.96. The van der Waals surface area contributed by atoms with Crippen LogP contribution in [0.25, 0.3) is 0 Å². The van der Waals surface area contributed by atoms with Crippen molar-refractivity contribution in [3.05, 3.63) is 36.0 Å². The van der Waals surface area contributed by atoms with Gasteiger partial charge < -0.3 is 0 Å². The molecular formula is C11H16. The Hall–Kier alpha value is -0.780. The third kappa shape index (κ3) is 2.07. The van der Waals surface area contributed by atoms with Crippen LogP contribution in [-0.2, 0) is 0 Å². The van der Waals surface area contributed by atoms with E-state index in [1.54, 1.807) is 5.57 Å². The second-order valence-electron chi connectivity index (χ2n) is 3.41. The molecule has 0 heterocycles. The second-order valence-corrected chi connectivity index (χ2v) is 3.41. The molecule has 0 heteroatoms. The van der Waals surface area contributed by atoms with E-state index in [0.717, 1.165) is 5.92 Å². The van der Waals surface area contributed by atoms with Gasteiger partial charge in [-0.3, -0.25) is 0 Å². The monoisotopic (exact) mass is 148 g/mol. The molecule has 0 bridgehead atoms. The molecule has 1 rings (SSSR count). The van der Waals surface area contributed by atoms with Crippen LogP contribution in [-0.4, -0.2) is 0 Å². The number of allylic oxidation sites excluding steroid dienone is 5. The summed E-state index contributed by atoms with van der Waals surface area (Å²) in [6, 6.07) is 0. The zero-order valence-corrected chi connectivity index (χ0v) is 7.43. The van der Waals surface area contributed by atoms with E-state index in [1.165, 1.54) is 18.4 Å². The van der Waals surface area contributed by atoms with Gasteiger partial charge in [-0.05, 0) is 31.3 Å². The highest BCUT2D eigenvalue weighted by molar-refractivity contribution is 5.30. The van der Waals surface area contributed by atoms with Crippen LogP contribution in [0.3, 0.4) is 0 Å². The predicted molar refractivity (Wildman–Crippen MR) is 50.4 cm³/mol. The fourth-order valence-electron chi connectivity index (χ4n) is 1.67. The molecule has 0 aromatic rings. The Bertz CT molecular complexity index is 206. The smallest absolute Gasteiger partial charge is 0.0251 e. The molecule has 0 aliphatic heterocycles. The number of hydrogen-bond donors (Lipinski definition) is 0. The summed E-state index contributed by atoms with van der Waals surface area (Å²) in [6.45, 7) is 8.19. The summed E-state index contributed by atoms with van der Waals surface area (Å²) in [4.78, 5) is 0. The molecule has 0 saturated carbocycles. The van der Waals surface area contributed by atoms with Gasteiger partial charge in [0.1, 0.15) is 0 Å². The van der Waals surface area contributed by atoms with Gasteiger partial charge in [-0.2, -0.15) is 0 Å². The Labute approximate surface area is 69.3 Å². The molecule has 0 radical (unpaired) electrons. The van der Waals surface area contributed by atoms with Gasteiger partial charge in [0.2, 0.25) is 0 Å². The van der Waals surface area contributed by atoms with Crippen molar-refractivity contribution < 1.29 is 0 Å². The molecule has 0 aromatic carbocycles. The predicted octanol–water partition coefficient (Wildman–Crippen LogP) is 3.48. The first-order valence-electron chi connectivity index (χ1n) is 4.21. The van der Waals surface area contributed by atoms with E-state index >= 15 is 0 Å². The van der Waals surface area contributed by atoms with Crippen molar-refractivity contribution in [2.24, 2.45) is 5.92 Å². The molecule has 0 amide bonds. The Morgan fingerprint density at radius 3 is 2.64 bits per heavy atom. The van der Waals surface area contributed by atoms with Gasteiger partial charge in [0.15, 0.2) is 0 Å². The van der Waals surface area contributed by atoms with Crippen molar-refractivity contribution in [3.8, 4) is 0 Å². The van der Waals surface area contributed by atoms with Gasteiger partial charge in [-0.1, -0.05) is 37.3 Å². The molecule has 0 nitrogen and oxygen atoms in total. The van der Waals surface area contributed by atoms with Crippen molar-refractivity contribution in [3.63, 3.8) is 0 Å². The van der Waals surface area contributed by atoms with Crippen LogP contribution in [0.2, 0.25) is 0 Å². The highest BCUT2D eigenvalue weighted by Gasteiger charge is 2.14. The molecule has 1 aliphatic rings. The fraction of sp³-hybridized carbons (Fsp3) is 0.455. The molecule has 0 aromatic heterocycles. The van der Waals surface area contributed by atoms with E-state index < -0.39 is 0 Å². The molecule has 0 spiro atoms. The van der Waals surface area contributed by atoms with Gasteiger partial charge >= 0.3 is 0 Å². The SMILES string of the molecule is C=C/C=C\C1=C(C)CC(C)C1. The molecule has 60 valence electrons. The first-order valence-corrected chi connectivity index (χ1v) is 4.21. The average Bonchev–Trinajstić information content (AvgIpc) is 2.26. The largest absolute Gasteiger partial charge is 0.0991 e. The molecule has 11 heavy (non-hydrogen) atoms. The van der Waals surface area contributed by atoms with Crippen molar-refractivity contribution >= 4 is 0 Å². The minimum Gasteiger partial charge on any atom is -0.0991 e. The molecule has 0 saturated heterocycles. The first kappa shape index (κ1) is 8.32. The zero-order chi connectivity index (χ0) is 8.27. The van der Waals surface area contributed by atoms with Crippen molar-refractivity contribution in [2.45, 2.75) is 26.7 Å². The first-order chi connectivity index (χ1) is 5.24. The molecular weight excluding hydrogens is 132 g/mol. The van der Waals surface area contributed by atoms with Crippen LogP contribution < -0.4 is 0 Å². The van der Waals surface area contributed by atoms with E-state index in [0.29, 0.717) is 0 Å². The second kappa shape index (κ2) is 3.56. The zero-order valence-electron chi connectivity index (χ0n) is 7.43. The fourth-order valence-corrected chi connectivity index (χ4v) is 1.67. The highest BCUT2D eigenvalue weighted by atomic mass is 14.2. The van der Waals surface area contributed by atoms with Crippen LogP contribution in [0.15, 0.2) is 36.0 Å². The topological polar surface area (TPSA) is 0 Å². The van der Waals surface area contributed by atoms with Crippen LogP contribution >= 0.6 is 0 Å². The lowest BCUT2D eigenvalue weighted by Crippen LogP contribution is -1.83. The van der Waals surface area contributed by atoms with E-state index in [4.69, 9.17) is 0 Å². The normalized spacial score (nSPS) is 25.1. The highest BCUT2D eigenvalue weighted by Crippen LogP contribution is 2.31. The summed E-state index contributed by atoms with van der Waals surface area (Å²) >= 11 is 0. The molecule has 1 atom stereocenters. The van der Waals surface area contributed by atoms with E-state index in [2.05, 4.69) is 26.5 Å². The maximum absolute atomic E-state index is 3.66. The van der Waals surface area contributed by atoms with Gasteiger partial charge in [0.05, 0.1) is 0 Å². The third-order valence-electron chi connectivity index (χ3n) is 2.20. The molecule has 1 unspecified atom stereocenters. The van der Waals surface area contributed by atoms with Gasteiger partial charge in [-0.15, -0.1) is 0 Å². The lowest BCUT2D eigenvalue weighted by molar-refractivity contribution is 0.623. The van der Waals surface area contributed by atoms with Crippen LogP contribution in [0, 0.1) is 5.92 Å². The average molecular weight is 148 g/mol. The standard InChI is InChI=1S/C11H16/c1-4-5-6-11-8-9(2)7-10(11)3/h4-6,9H,1,7-8H2,2-3H3/b6-5-. The quantitative estimate of drug-likeness (QED) is 0.526. The molecule has 0 N–H and O–H groups in total. The summed E-state index contributed by atoms with van der Waals surface area (Å²) in [5, 5.41) is 0. The summed E-state index contributed by atoms with van der Waals surface area (Å²) in [7, 11) is 0. The Kier molecular flexibility index (Phi) is 2.70. The van der Waals surface area contributed by atoms with Crippen LogP contribution in [0.4, 0.5) is 0 Å². The van der Waals surface area contributed by atoms with Crippen molar-refractivity contribution in [1.82, 2.24) is 0 Å². The van der Waals surface area contributed by atoms with Crippen LogP contribution in [0.1, 0.15) is 26.7 Å². The van der Waals surface area contributed by atoms with Gasteiger partial charge in [-0.25, -0.2) is 0 Å². The minimum absolute atomic E-state index is 0.847. The third-order valence-corrected chi connectivity index (χ3v) is 2.20. The van der Waals surface area contributed by atoms with Crippen molar-refractivity contribution in [1.29, 1.82) is 0 Å². The summed E-state index contributed by atoms with van der Waals surface area (Å²) in [5.41, 5.74) is 3.06. The Balaban J connectivity index is 2.64. The van der Waals surface area contributed by atoms with E-state index in [-0.39, 0.29) is 0 Å². The maximum Gasteiger partial charge on any atom is -0.0251 e.